The number of rotatable bonds is 22. The first-order valence-electron chi connectivity index (χ1n) is 36.3. The zero-order valence-corrected chi connectivity index (χ0v) is 63.8. The molecule has 1 fully saturated rings. The Bertz CT molecular complexity index is 4090. The maximum Gasteiger partial charge on any atom is 0.245 e. The molecule has 1 saturated heterocycles. The Hall–Kier alpha value is -10.8. The summed E-state index contributed by atoms with van der Waals surface area (Å²) in [5.41, 5.74) is 31.5. The number of aromatic nitrogens is 2. The summed E-state index contributed by atoms with van der Waals surface area (Å²) in [4.78, 5) is 210. The minimum atomic E-state index is -1.86. The van der Waals surface area contributed by atoms with Crippen molar-refractivity contribution in [3.63, 3.8) is 0 Å². The molecular weight excluding hydrogens is 1460 g/mol. The molecule has 12 atom stereocenters. The van der Waals surface area contributed by atoms with Crippen molar-refractivity contribution < 1.29 is 72.2 Å². The highest BCUT2D eigenvalue weighted by Gasteiger charge is 2.39. The number of thioether (sulfide) groups is 1. The van der Waals surface area contributed by atoms with E-state index in [1.54, 1.807) is 127 Å². The van der Waals surface area contributed by atoms with Crippen molar-refractivity contribution in [2.45, 2.75) is 172 Å². The molecule has 3 aromatic carbocycles. The fourth-order valence-corrected chi connectivity index (χ4v) is 13.0. The van der Waals surface area contributed by atoms with Crippen molar-refractivity contribution in [3.8, 4) is 0 Å². The van der Waals surface area contributed by atoms with Crippen molar-refractivity contribution in [1.29, 1.82) is 0 Å². The van der Waals surface area contributed by atoms with E-state index >= 15 is 4.79 Å². The Labute approximate surface area is 645 Å². The summed E-state index contributed by atoms with van der Waals surface area (Å²) in [6, 6.07) is 3.59. The molecule has 3 heterocycles. The first-order valence-corrected chi connectivity index (χ1v) is 37.8. The van der Waals surface area contributed by atoms with Crippen LogP contribution in [0.2, 0.25) is 5.02 Å². The summed E-state index contributed by atoms with van der Waals surface area (Å²) in [6.07, 6.45) is 2.37. The number of nitrogens with two attached hydrogens (primary N) is 5. The number of hydrogen-bond acceptors (Lipinski definition) is 18. The number of guanidine groups is 1. The summed E-state index contributed by atoms with van der Waals surface area (Å²) in [6.45, 7) is 7.93. The standard InChI is InChI=1S/C73H103ClN20O15S/c1-7-39(6)61-72(109)90-54(34-95)63(100)83-33-57(97)84-48(20-14-26-80-73(78)79)64(101)89-53(30-56(76)96)66(103)88-52(29-42-32-82-47-18-11-9-16-45(42)47)69(106)92-59(37(2)3)70(107)86-49(19-12-13-25-75)65(102)87-51(28-41-31-81-46-17-10-8-15-44(41)46)68(105)93-60(38(4)5)71(108)91-55(62(77)99)35-110-36-58(98)85-50(67(104)94-61)27-40-21-23-43(74)24-22-40/h8-11,15-18,21-24,31-32,37-39,48-55,59-61,81-82,95H,7,12-14,19-20,25-30,33-36,75H2,1-6H3,(H2,76,96)(H2,77,99)(H,83,100)(H,84,97)(H,85,98)(H,86,107)(H,87,102)(H,88,103)(H,89,101)(H,90,109)(H,91,108)(H,92,106)(H,93,105)(H,94,104)(H4,78,79,80)/t39-,48-,49-,50-,51-,52-,53-,54-,55-,59-,60-,61-/m0/s1. The van der Waals surface area contributed by atoms with E-state index in [9.17, 15) is 67.4 Å². The first-order chi connectivity index (χ1) is 52.3. The van der Waals surface area contributed by atoms with E-state index in [0.717, 1.165) is 11.8 Å². The summed E-state index contributed by atoms with van der Waals surface area (Å²) < 4.78 is 0. The SMILES string of the molecule is CC[C@H](C)[C@@H]1NC(=O)[C@H](Cc2ccc(Cl)cc2)NC(=O)CSC[C@@H](C(N)=O)NC(=O)[C@H](C(C)C)NC(=O)[C@H](Cc2c[nH]c3ccccc23)NC(=O)[C@H](CCCCN)NC(=O)[C@H](C(C)C)NC(=O)[C@H](Cc2c[nH]c3ccccc23)NC(=O)[C@H](CC(N)=O)NC(=O)[C@H](CCCN=C(N)N)NC(=O)CNC(=O)[C@H](CO)NC1=O. The van der Waals surface area contributed by atoms with E-state index in [-0.39, 0.29) is 76.2 Å². The van der Waals surface area contributed by atoms with Gasteiger partial charge in [0.2, 0.25) is 82.7 Å². The molecular formula is C73H103ClN20O15S. The molecule has 2 aromatic heterocycles. The number of carbonyl (C=O) groups is 14. The van der Waals surface area contributed by atoms with Gasteiger partial charge in [-0.2, -0.15) is 0 Å². The smallest absolute Gasteiger partial charge is 0.245 e. The van der Waals surface area contributed by atoms with Crippen molar-refractivity contribution in [2.24, 2.45) is 51.4 Å². The number of fused-ring (bicyclic) bond motifs is 2. The van der Waals surface area contributed by atoms with Crippen LogP contribution in [0, 0.1) is 17.8 Å². The molecule has 0 saturated carbocycles. The summed E-state index contributed by atoms with van der Waals surface area (Å²) in [5.74, 6) is -16.7. The molecule has 110 heavy (non-hydrogen) atoms. The van der Waals surface area contributed by atoms with Crippen LogP contribution in [0.1, 0.15) is 103 Å². The van der Waals surface area contributed by atoms with E-state index in [1.165, 1.54) is 0 Å². The van der Waals surface area contributed by atoms with Gasteiger partial charge in [0.05, 0.1) is 25.3 Å². The van der Waals surface area contributed by atoms with Gasteiger partial charge in [-0.05, 0) is 97.4 Å². The first kappa shape index (κ1) is 88.1. The van der Waals surface area contributed by atoms with E-state index < -0.39 is 192 Å². The number of halogens is 1. The van der Waals surface area contributed by atoms with Crippen LogP contribution in [0.25, 0.3) is 21.8 Å². The van der Waals surface area contributed by atoms with Crippen molar-refractivity contribution in [3.05, 3.63) is 107 Å². The molecule has 1 aliphatic heterocycles. The average molecular weight is 1570 g/mol. The predicted molar refractivity (Wildman–Crippen MR) is 413 cm³/mol. The van der Waals surface area contributed by atoms with Gasteiger partial charge in [-0.1, -0.05) is 108 Å². The molecule has 35 nitrogen and oxygen atoms in total. The van der Waals surface area contributed by atoms with Crippen LogP contribution in [0.3, 0.4) is 0 Å². The van der Waals surface area contributed by atoms with Crippen molar-refractivity contribution in [1.82, 2.24) is 73.8 Å². The number of H-pyrrole nitrogens is 2. The predicted octanol–water partition coefficient (Wildman–Crippen LogP) is -2.58. The largest absolute Gasteiger partial charge is 0.394 e. The molecule has 14 amide bonds. The number of benzene rings is 3. The Kier molecular flexibility index (Phi) is 34.7. The number of aliphatic hydroxyl groups is 1. The number of aromatic amines is 2. The number of hydrogen-bond donors (Lipinski definition) is 20. The van der Waals surface area contributed by atoms with Crippen molar-refractivity contribution >= 4 is 134 Å². The highest BCUT2D eigenvalue weighted by Crippen LogP contribution is 2.23. The third-order valence-electron chi connectivity index (χ3n) is 18.4. The lowest BCUT2D eigenvalue weighted by Crippen LogP contribution is -2.62. The second-order valence-electron chi connectivity index (χ2n) is 27.6. The van der Waals surface area contributed by atoms with Crippen LogP contribution in [0.5, 0.6) is 0 Å². The highest BCUT2D eigenvalue weighted by atomic mass is 35.5. The van der Waals surface area contributed by atoms with Crippen LogP contribution in [0.15, 0.2) is 90.2 Å². The van der Waals surface area contributed by atoms with E-state index in [0.29, 0.717) is 49.9 Å². The lowest BCUT2D eigenvalue weighted by molar-refractivity contribution is -0.137. The minimum Gasteiger partial charge on any atom is -0.394 e. The van der Waals surface area contributed by atoms with Gasteiger partial charge < -0.3 is 108 Å². The number of nitrogens with one attached hydrogen (secondary N) is 14. The molecule has 0 bridgehead atoms. The molecule has 0 unspecified atom stereocenters. The Morgan fingerprint density at radius 1 is 0.518 bits per heavy atom. The Balaban J connectivity index is 1.41. The maximum absolute atomic E-state index is 15.0. The highest BCUT2D eigenvalue weighted by molar-refractivity contribution is 8.00. The zero-order valence-electron chi connectivity index (χ0n) is 62.3. The Morgan fingerprint density at radius 3 is 1.48 bits per heavy atom. The number of carbonyl (C=O) groups excluding carboxylic acids is 14. The second-order valence-corrected chi connectivity index (χ2v) is 29.1. The zero-order chi connectivity index (χ0) is 80.9. The number of unbranched alkanes of at least 4 members (excludes halogenated alkanes) is 1. The average Bonchev–Trinajstić information content (AvgIpc) is 1.64. The van der Waals surface area contributed by atoms with Gasteiger partial charge >= 0.3 is 0 Å². The number of amides is 14. The molecule has 5 aromatic rings. The van der Waals surface area contributed by atoms with Gasteiger partial charge in [0.25, 0.3) is 0 Å². The van der Waals surface area contributed by atoms with Gasteiger partial charge in [0.15, 0.2) is 5.96 Å². The molecule has 6 rings (SSSR count). The molecule has 25 N–H and O–H groups in total. The number of aliphatic imine (C=N–C) groups is 1. The lowest BCUT2D eigenvalue weighted by Gasteiger charge is -2.29. The monoisotopic (exact) mass is 1570 g/mol. The molecule has 37 heteroatoms. The normalized spacial score (nSPS) is 23.4. The van der Waals surface area contributed by atoms with Gasteiger partial charge in [0.1, 0.15) is 66.5 Å². The fraction of sp³-hybridized carbons (Fsp3) is 0.493. The van der Waals surface area contributed by atoms with Gasteiger partial charge in [-0.15, -0.1) is 11.8 Å². The van der Waals surface area contributed by atoms with E-state index in [1.807, 2.05) is 0 Å². The van der Waals surface area contributed by atoms with Crippen molar-refractivity contribution in [2.75, 3.05) is 37.7 Å². The quantitative estimate of drug-likeness (QED) is 0.0192. The maximum atomic E-state index is 15.0. The summed E-state index contributed by atoms with van der Waals surface area (Å²) >= 11 is 7.03. The van der Waals surface area contributed by atoms with Gasteiger partial charge in [-0.3, -0.25) is 72.1 Å². The molecule has 0 aliphatic carbocycles. The van der Waals surface area contributed by atoms with E-state index in [2.05, 4.69) is 78.8 Å². The topological polar surface area (TPSA) is 578 Å². The number of para-hydroxylation sites is 2. The molecule has 0 radical (unpaired) electrons. The van der Waals surface area contributed by atoms with Gasteiger partial charge in [-0.25, -0.2) is 0 Å². The van der Waals surface area contributed by atoms with Crippen LogP contribution < -0.4 is 92.5 Å². The van der Waals surface area contributed by atoms with Crippen LogP contribution in [0.4, 0.5) is 0 Å². The van der Waals surface area contributed by atoms with E-state index in [4.69, 9.17) is 40.3 Å². The second kappa shape index (κ2) is 43.4. The molecule has 0 spiro atoms. The van der Waals surface area contributed by atoms with Gasteiger partial charge in [0, 0.05) is 70.8 Å². The number of nitrogens with zero attached hydrogens (tertiary/aromatic N) is 1. The summed E-state index contributed by atoms with van der Waals surface area (Å²) in [7, 11) is 0. The van der Waals surface area contributed by atoms with Crippen LogP contribution >= 0.6 is 23.4 Å². The fourth-order valence-electron chi connectivity index (χ4n) is 12.0. The lowest BCUT2D eigenvalue weighted by atomic mass is 9.96. The Morgan fingerprint density at radius 2 is 0.973 bits per heavy atom. The third kappa shape index (κ3) is 27.1. The van der Waals surface area contributed by atoms with Crippen LogP contribution in [-0.4, -0.2) is 208 Å². The van der Waals surface area contributed by atoms with Crippen LogP contribution in [-0.2, 0) is 86.4 Å². The molecule has 598 valence electrons. The number of aliphatic hydroxyl groups excluding tert-OH is 1. The summed E-state index contributed by atoms with van der Waals surface area (Å²) in [5, 5.41) is 43.3. The minimum absolute atomic E-state index is 0.00783. The third-order valence-corrected chi connectivity index (χ3v) is 19.7. The molecule has 1 aliphatic rings. The number of primary amides is 2.